The summed E-state index contributed by atoms with van der Waals surface area (Å²) in [6, 6.07) is 3.83. The van der Waals surface area contributed by atoms with E-state index in [1.807, 2.05) is 23.5 Å². The maximum absolute atomic E-state index is 11.9. The van der Waals surface area contributed by atoms with Crippen LogP contribution in [0.15, 0.2) is 27.8 Å². The second-order valence-electron chi connectivity index (χ2n) is 7.07. The summed E-state index contributed by atoms with van der Waals surface area (Å²) >= 11 is 1.84. The van der Waals surface area contributed by atoms with Crippen LogP contribution in [0.1, 0.15) is 34.2 Å². The van der Waals surface area contributed by atoms with E-state index in [0.29, 0.717) is 12.5 Å². The lowest BCUT2D eigenvalue weighted by molar-refractivity contribution is -0.127. The zero-order valence-electron chi connectivity index (χ0n) is 17.1. The van der Waals surface area contributed by atoms with Crippen LogP contribution in [-0.2, 0) is 30.5 Å². The Morgan fingerprint density at radius 3 is 2.69 bits per heavy atom. The molecule has 29 heavy (non-hydrogen) atoms. The molecule has 0 fully saturated rings. The van der Waals surface area contributed by atoms with Crippen molar-refractivity contribution in [3.05, 3.63) is 39.7 Å². The van der Waals surface area contributed by atoms with Gasteiger partial charge in [-0.1, -0.05) is 0 Å². The maximum Gasteiger partial charge on any atom is 0.243 e. The van der Waals surface area contributed by atoms with Gasteiger partial charge in [0.15, 0.2) is 5.96 Å². The minimum absolute atomic E-state index is 0. The van der Waals surface area contributed by atoms with Gasteiger partial charge in [-0.2, -0.15) is 0 Å². The predicted octanol–water partition coefficient (Wildman–Crippen LogP) is 2.64. The van der Waals surface area contributed by atoms with Crippen LogP contribution in [0.3, 0.4) is 0 Å². The first-order chi connectivity index (χ1) is 13.6. The van der Waals surface area contributed by atoms with Gasteiger partial charge in [0.2, 0.25) is 5.91 Å². The van der Waals surface area contributed by atoms with Crippen LogP contribution in [0.4, 0.5) is 0 Å². The molecule has 0 atom stereocenters. The molecule has 2 aromatic heterocycles. The molecule has 0 saturated carbocycles. The van der Waals surface area contributed by atoms with Crippen LogP contribution in [-0.4, -0.2) is 55.5 Å². The van der Waals surface area contributed by atoms with Crippen molar-refractivity contribution in [1.29, 1.82) is 0 Å². The molecule has 0 bridgehead atoms. The Bertz CT molecular complexity index is 765. The summed E-state index contributed by atoms with van der Waals surface area (Å²) in [5, 5.41) is 7.79. The van der Waals surface area contributed by atoms with Crippen molar-refractivity contribution < 1.29 is 9.21 Å². The first kappa shape index (κ1) is 23.7. The van der Waals surface area contributed by atoms with Crippen molar-refractivity contribution in [2.75, 3.05) is 33.7 Å². The molecule has 9 heteroatoms. The molecule has 0 unspecified atom stereocenters. The van der Waals surface area contributed by atoms with Crippen molar-refractivity contribution in [3.63, 3.8) is 0 Å². The highest BCUT2D eigenvalue weighted by Gasteiger charge is 2.15. The first-order valence-electron chi connectivity index (χ1n) is 9.84. The molecule has 7 nitrogen and oxygen atoms in total. The Morgan fingerprint density at radius 1 is 1.24 bits per heavy atom. The number of nitrogens with zero attached hydrogens (tertiary/aromatic N) is 3. The van der Waals surface area contributed by atoms with Gasteiger partial charge in [-0.15, -0.1) is 35.3 Å². The van der Waals surface area contributed by atoms with Gasteiger partial charge in [0, 0.05) is 44.9 Å². The van der Waals surface area contributed by atoms with Gasteiger partial charge in [-0.25, -0.2) is 9.98 Å². The van der Waals surface area contributed by atoms with Crippen LogP contribution in [0.25, 0.3) is 0 Å². The number of halogens is 1. The van der Waals surface area contributed by atoms with Crippen LogP contribution >= 0.6 is 35.3 Å². The average Bonchev–Trinajstić information content (AvgIpc) is 3.34. The van der Waals surface area contributed by atoms with Crippen LogP contribution in [0.2, 0.25) is 0 Å². The second kappa shape index (κ2) is 12.2. The zero-order valence-corrected chi connectivity index (χ0v) is 20.2. The number of likely N-dealkylation sites (N-methyl/N-ethyl adjacent to an activating group) is 1. The normalized spacial score (nSPS) is 13.4. The molecule has 3 rings (SSSR count). The smallest absolute Gasteiger partial charge is 0.243 e. The SMILES string of the molecule is CN(C)C(=O)CN=C(NCCc1ccco1)NCCc1nc2c(s1)CCCC2.I. The molecule has 0 radical (unpaired) electrons. The lowest BCUT2D eigenvalue weighted by Gasteiger charge is -2.13. The van der Waals surface area contributed by atoms with Gasteiger partial charge in [0.05, 0.1) is 17.0 Å². The first-order valence-corrected chi connectivity index (χ1v) is 10.7. The number of carbonyl (C=O) groups excluding carboxylic acids is 1. The minimum atomic E-state index is -0.0280. The van der Waals surface area contributed by atoms with Gasteiger partial charge >= 0.3 is 0 Å². The lowest BCUT2D eigenvalue weighted by Crippen LogP contribution is -2.40. The summed E-state index contributed by atoms with van der Waals surface area (Å²) in [4.78, 5) is 24.1. The molecule has 1 aliphatic rings. The number of aromatic nitrogens is 1. The highest BCUT2D eigenvalue weighted by Crippen LogP contribution is 2.26. The number of thiazole rings is 1. The Morgan fingerprint density at radius 2 is 2.00 bits per heavy atom. The van der Waals surface area contributed by atoms with E-state index in [-0.39, 0.29) is 36.4 Å². The third-order valence-corrected chi connectivity index (χ3v) is 5.85. The number of furan rings is 1. The summed E-state index contributed by atoms with van der Waals surface area (Å²) in [7, 11) is 3.47. The predicted molar refractivity (Wildman–Crippen MR) is 127 cm³/mol. The number of rotatable bonds is 8. The van der Waals surface area contributed by atoms with E-state index in [2.05, 4.69) is 15.6 Å². The van der Waals surface area contributed by atoms with Crippen molar-refractivity contribution in [2.45, 2.75) is 38.5 Å². The quantitative estimate of drug-likeness (QED) is 0.311. The highest BCUT2D eigenvalue weighted by atomic mass is 127. The van der Waals surface area contributed by atoms with Gasteiger partial charge in [-0.05, 0) is 37.8 Å². The minimum Gasteiger partial charge on any atom is -0.469 e. The fourth-order valence-electron chi connectivity index (χ4n) is 3.02. The molecular formula is C20H30IN5O2S. The van der Waals surface area contributed by atoms with Crippen LogP contribution < -0.4 is 10.6 Å². The highest BCUT2D eigenvalue weighted by molar-refractivity contribution is 14.0. The van der Waals surface area contributed by atoms with E-state index in [1.54, 1.807) is 25.3 Å². The zero-order chi connectivity index (χ0) is 19.8. The van der Waals surface area contributed by atoms with Gasteiger partial charge in [-0.3, -0.25) is 4.79 Å². The van der Waals surface area contributed by atoms with Crippen molar-refractivity contribution in [1.82, 2.24) is 20.5 Å². The third kappa shape index (κ3) is 7.61. The Kier molecular flexibility index (Phi) is 9.92. The monoisotopic (exact) mass is 531 g/mol. The number of nitrogens with one attached hydrogen (secondary N) is 2. The topological polar surface area (TPSA) is 82.8 Å². The molecule has 1 aliphatic carbocycles. The van der Waals surface area contributed by atoms with E-state index < -0.39 is 0 Å². The lowest BCUT2D eigenvalue weighted by atomic mass is 10.0. The number of aliphatic imine (C=N–C) groups is 1. The van der Waals surface area contributed by atoms with Crippen molar-refractivity contribution in [2.24, 2.45) is 4.99 Å². The fourth-order valence-corrected chi connectivity index (χ4v) is 4.18. The summed E-state index contributed by atoms with van der Waals surface area (Å²) in [5.41, 5.74) is 1.30. The molecule has 2 N–H and O–H groups in total. The summed E-state index contributed by atoms with van der Waals surface area (Å²) in [5.74, 6) is 1.53. The number of hydrogen-bond acceptors (Lipinski definition) is 5. The van der Waals surface area contributed by atoms with Crippen LogP contribution in [0, 0.1) is 0 Å². The third-order valence-electron chi connectivity index (χ3n) is 4.64. The van der Waals surface area contributed by atoms with Gasteiger partial charge in [0.1, 0.15) is 12.3 Å². The maximum atomic E-state index is 11.9. The molecule has 2 heterocycles. The number of guanidine groups is 1. The molecule has 0 aliphatic heterocycles. The van der Waals surface area contributed by atoms with E-state index in [4.69, 9.17) is 9.40 Å². The van der Waals surface area contributed by atoms with Crippen LogP contribution in [0.5, 0.6) is 0 Å². The van der Waals surface area contributed by atoms with Crippen molar-refractivity contribution >= 4 is 47.2 Å². The van der Waals surface area contributed by atoms with Gasteiger partial charge in [0.25, 0.3) is 0 Å². The molecule has 1 amide bonds. The molecule has 0 saturated heterocycles. The average molecular weight is 531 g/mol. The van der Waals surface area contributed by atoms with Gasteiger partial charge < -0.3 is 20.0 Å². The molecule has 0 spiro atoms. The number of fused-ring (bicyclic) bond motifs is 1. The number of hydrogen-bond donors (Lipinski definition) is 2. The largest absolute Gasteiger partial charge is 0.469 e. The number of carbonyl (C=O) groups is 1. The van der Waals surface area contributed by atoms with E-state index in [9.17, 15) is 4.79 Å². The van der Waals surface area contributed by atoms with E-state index >= 15 is 0 Å². The Labute approximate surface area is 193 Å². The molecular weight excluding hydrogens is 501 g/mol. The fraction of sp³-hybridized carbons (Fsp3) is 0.550. The summed E-state index contributed by atoms with van der Waals surface area (Å²) in [6.45, 7) is 1.53. The number of amides is 1. The Hall–Kier alpha value is -1.62. The summed E-state index contributed by atoms with van der Waals surface area (Å²) in [6.07, 6.45) is 8.12. The molecule has 0 aromatic carbocycles. The van der Waals surface area contributed by atoms with E-state index in [0.717, 1.165) is 31.6 Å². The number of aryl methyl sites for hydroxylation is 2. The second-order valence-corrected chi connectivity index (χ2v) is 8.24. The standard InChI is InChI=1S/C20H29N5O2S.HI/c1-25(2)19(26)14-23-20(21-11-9-15-6-5-13-27-15)22-12-10-18-24-16-7-3-4-8-17(16)28-18;/h5-6,13H,3-4,7-12,14H2,1-2H3,(H2,21,22,23);1H. The molecule has 160 valence electrons. The molecule has 2 aromatic rings. The van der Waals surface area contributed by atoms with E-state index in [1.165, 1.54) is 34.8 Å². The van der Waals surface area contributed by atoms with Crippen molar-refractivity contribution in [3.8, 4) is 0 Å². The Balaban J connectivity index is 0.00000300. The summed E-state index contributed by atoms with van der Waals surface area (Å²) < 4.78 is 5.36.